The first kappa shape index (κ1) is 13.5. The van der Waals surface area contributed by atoms with Crippen LogP contribution in [-0.4, -0.2) is 23.4 Å². The minimum absolute atomic E-state index is 0.101. The van der Waals surface area contributed by atoms with Gasteiger partial charge in [-0.1, -0.05) is 0 Å². The molecule has 0 aliphatic carbocycles. The molecule has 0 fully saturated rings. The van der Waals surface area contributed by atoms with Gasteiger partial charge in [-0.3, -0.25) is 0 Å². The second kappa shape index (κ2) is 3.00. The van der Waals surface area contributed by atoms with Crippen molar-refractivity contribution in [2.45, 2.75) is 44.2 Å². The molecular weight excluding hydrogens is 217 g/mol. The van der Waals surface area contributed by atoms with Crippen LogP contribution in [0.15, 0.2) is 0 Å². The van der Waals surface area contributed by atoms with E-state index in [0.717, 1.165) is 0 Å². The van der Waals surface area contributed by atoms with E-state index in [4.69, 9.17) is 0 Å². The molecule has 0 aromatic carbocycles. The van der Waals surface area contributed by atoms with Crippen molar-refractivity contribution in [3.8, 4) is 0 Å². The third kappa shape index (κ3) is 1.81. The zero-order valence-corrected chi connectivity index (χ0v) is 7.65. The van der Waals surface area contributed by atoms with Crippen LogP contribution in [0.3, 0.4) is 0 Å². The van der Waals surface area contributed by atoms with Crippen molar-refractivity contribution >= 4 is 0 Å². The Balaban J connectivity index is 5.30. The first-order valence-corrected chi connectivity index (χ1v) is 3.57. The third-order valence-corrected chi connectivity index (χ3v) is 2.24. The fraction of sp³-hybridized carbons (Fsp3) is 1.00. The standard InChI is InChI=1S/C7H9F7/c1-4(8,6(3,10)11)5(2,9)7(12,13)14/h1-3H3. The monoisotopic (exact) mass is 226 g/mol. The van der Waals surface area contributed by atoms with Gasteiger partial charge in [-0.2, -0.15) is 13.2 Å². The van der Waals surface area contributed by atoms with Crippen molar-refractivity contribution in [1.82, 2.24) is 0 Å². The summed E-state index contributed by atoms with van der Waals surface area (Å²) in [5.41, 5.74) is -8.91. The van der Waals surface area contributed by atoms with E-state index >= 15 is 0 Å². The predicted octanol–water partition coefficient (Wildman–Crippen LogP) is 3.66. The van der Waals surface area contributed by atoms with Crippen LogP contribution in [0.25, 0.3) is 0 Å². The fourth-order valence-corrected chi connectivity index (χ4v) is 0.678. The van der Waals surface area contributed by atoms with Gasteiger partial charge < -0.3 is 0 Å². The summed E-state index contributed by atoms with van der Waals surface area (Å²) in [5, 5.41) is 0. The molecule has 0 bridgehead atoms. The highest BCUT2D eigenvalue weighted by Gasteiger charge is 2.71. The van der Waals surface area contributed by atoms with Crippen molar-refractivity contribution in [3.63, 3.8) is 0 Å². The van der Waals surface area contributed by atoms with Gasteiger partial charge in [-0.05, 0) is 13.8 Å². The maximum atomic E-state index is 13.0. The number of hydrogen-bond acceptors (Lipinski definition) is 0. The summed E-state index contributed by atoms with van der Waals surface area (Å²) in [4.78, 5) is 0. The van der Waals surface area contributed by atoms with Crippen LogP contribution in [0.5, 0.6) is 0 Å². The van der Waals surface area contributed by atoms with E-state index in [0.29, 0.717) is 0 Å². The highest BCUT2D eigenvalue weighted by atomic mass is 19.4. The van der Waals surface area contributed by atoms with Gasteiger partial charge in [-0.15, -0.1) is 0 Å². The van der Waals surface area contributed by atoms with Crippen molar-refractivity contribution < 1.29 is 30.7 Å². The summed E-state index contributed by atoms with van der Waals surface area (Å²) >= 11 is 0. The van der Waals surface area contributed by atoms with Crippen LogP contribution in [0.4, 0.5) is 30.7 Å². The molecule has 14 heavy (non-hydrogen) atoms. The van der Waals surface area contributed by atoms with E-state index < -0.39 is 23.4 Å². The van der Waals surface area contributed by atoms with E-state index in [-0.39, 0.29) is 20.8 Å². The summed E-state index contributed by atoms with van der Waals surface area (Å²) in [5.74, 6) is -4.42. The highest BCUT2D eigenvalue weighted by molar-refractivity contribution is 5.06. The van der Waals surface area contributed by atoms with Gasteiger partial charge in [0.2, 0.25) is 11.3 Å². The van der Waals surface area contributed by atoms with E-state index in [2.05, 4.69) is 0 Å². The second-order valence-electron chi connectivity index (χ2n) is 3.39. The minimum atomic E-state index is -5.68. The van der Waals surface area contributed by atoms with Gasteiger partial charge in [0.25, 0.3) is 5.92 Å². The van der Waals surface area contributed by atoms with Gasteiger partial charge in [-0.25, -0.2) is 17.6 Å². The molecule has 0 spiro atoms. The van der Waals surface area contributed by atoms with Gasteiger partial charge in [0, 0.05) is 6.92 Å². The quantitative estimate of drug-likeness (QED) is 0.630. The smallest absolute Gasteiger partial charge is 0.234 e. The molecule has 7 heteroatoms. The van der Waals surface area contributed by atoms with Gasteiger partial charge in [0.15, 0.2) is 0 Å². The van der Waals surface area contributed by atoms with E-state index in [1.54, 1.807) is 0 Å². The molecule has 0 heterocycles. The molecule has 0 N–H and O–H groups in total. The Hall–Kier alpha value is -0.490. The average molecular weight is 226 g/mol. The maximum Gasteiger partial charge on any atom is 0.425 e. The zero-order valence-electron chi connectivity index (χ0n) is 7.65. The Bertz CT molecular complexity index is 183. The molecule has 0 radical (unpaired) electrons. The van der Waals surface area contributed by atoms with E-state index in [1.165, 1.54) is 0 Å². The summed E-state index contributed by atoms with van der Waals surface area (Å²) in [6.45, 7) is -0.457. The van der Waals surface area contributed by atoms with Gasteiger partial charge in [0.1, 0.15) is 0 Å². The molecule has 2 unspecified atom stereocenters. The van der Waals surface area contributed by atoms with Crippen molar-refractivity contribution in [2.24, 2.45) is 0 Å². The topological polar surface area (TPSA) is 0 Å². The number of hydrogen-bond donors (Lipinski definition) is 0. The van der Waals surface area contributed by atoms with Crippen LogP contribution in [0.2, 0.25) is 0 Å². The molecule has 0 nitrogen and oxygen atoms in total. The summed E-state index contributed by atoms with van der Waals surface area (Å²) in [6.07, 6.45) is -5.68. The van der Waals surface area contributed by atoms with Gasteiger partial charge in [0.05, 0.1) is 0 Å². The first-order valence-electron chi connectivity index (χ1n) is 3.57. The zero-order chi connectivity index (χ0) is 12.0. The normalized spacial score (nSPS) is 22.7. The second-order valence-corrected chi connectivity index (χ2v) is 3.39. The predicted molar refractivity (Wildman–Crippen MR) is 35.7 cm³/mol. The lowest BCUT2D eigenvalue weighted by Crippen LogP contribution is -2.61. The molecule has 0 rings (SSSR count). The van der Waals surface area contributed by atoms with Crippen molar-refractivity contribution in [1.29, 1.82) is 0 Å². The molecule has 0 aromatic heterocycles. The lowest BCUT2D eigenvalue weighted by molar-refractivity contribution is -0.299. The van der Waals surface area contributed by atoms with Crippen LogP contribution >= 0.6 is 0 Å². The Morgan fingerprint density at radius 3 is 0.929 bits per heavy atom. The summed E-state index contributed by atoms with van der Waals surface area (Å²) < 4.78 is 86.5. The largest absolute Gasteiger partial charge is 0.425 e. The van der Waals surface area contributed by atoms with Crippen LogP contribution < -0.4 is 0 Å². The molecule has 0 amide bonds. The molecule has 0 aliphatic rings. The molecule has 0 saturated heterocycles. The molecule has 0 aromatic rings. The highest BCUT2D eigenvalue weighted by Crippen LogP contribution is 2.50. The van der Waals surface area contributed by atoms with Crippen LogP contribution in [-0.2, 0) is 0 Å². The number of alkyl halides is 7. The third-order valence-electron chi connectivity index (χ3n) is 2.24. The number of rotatable bonds is 2. The fourth-order valence-electron chi connectivity index (χ4n) is 0.678. The Morgan fingerprint density at radius 2 is 0.857 bits per heavy atom. The lowest BCUT2D eigenvalue weighted by Gasteiger charge is -2.38. The van der Waals surface area contributed by atoms with Crippen molar-refractivity contribution in [3.05, 3.63) is 0 Å². The van der Waals surface area contributed by atoms with E-state index in [9.17, 15) is 30.7 Å². The summed E-state index contributed by atoms with van der Waals surface area (Å²) in [6, 6.07) is 0. The van der Waals surface area contributed by atoms with Crippen LogP contribution in [0.1, 0.15) is 20.8 Å². The Labute approximate surface area is 76.1 Å². The Morgan fingerprint density at radius 1 is 0.571 bits per heavy atom. The van der Waals surface area contributed by atoms with E-state index in [1.807, 2.05) is 0 Å². The molecular formula is C7H9F7. The molecule has 0 aliphatic heterocycles. The minimum Gasteiger partial charge on any atom is -0.234 e. The average Bonchev–Trinajstić information content (AvgIpc) is 1.81. The SMILES string of the molecule is CC(F)(F)C(C)(F)C(C)(F)C(F)(F)F. The lowest BCUT2D eigenvalue weighted by atomic mass is 9.84. The summed E-state index contributed by atoms with van der Waals surface area (Å²) in [7, 11) is 0. The first-order chi connectivity index (χ1) is 5.75. The molecule has 0 saturated carbocycles. The maximum absolute atomic E-state index is 13.0. The Kier molecular flexibility index (Phi) is 2.89. The van der Waals surface area contributed by atoms with Crippen LogP contribution in [0, 0.1) is 0 Å². The molecule has 2 atom stereocenters. The number of halogens is 7. The van der Waals surface area contributed by atoms with Crippen molar-refractivity contribution in [2.75, 3.05) is 0 Å². The van der Waals surface area contributed by atoms with Gasteiger partial charge >= 0.3 is 6.18 Å². The molecule has 86 valence electrons.